The molecule has 0 bridgehead atoms. The molecule has 2 N–H and O–H groups in total. The van der Waals surface area contributed by atoms with Crippen molar-refractivity contribution in [2.24, 2.45) is 0 Å². The van der Waals surface area contributed by atoms with Gasteiger partial charge in [0.25, 0.3) is 0 Å². The SMILES string of the molecule is C[C@H](Cc1ccc(-c2cccc3c(C(=O)O)cccc23)cc1)NC(=O)OCc1ccccc1. The predicted octanol–water partition coefficient (Wildman–Crippen LogP) is 6.06. The Labute approximate surface area is 192 Å². The number of carbonyl (C=O) groups excluding carboxylic acids is 1. The van der Waals surface area contributed by atoms with Crippen LogP contribution in [0.25, 0.3) is 21.9 Å². The van der Waals surface area contributed by atoms with E-state index < -0.39 is 12.1 Å². The van der Waals surface area contributed by atoms with Crippen LogP contribution in [0.3, 0.4) is 0 Å². The molecule has 0 fully saturated rings. The molecule has 1 atom stereocenters. The molecule has 4 rings (SSSR count). The molecule has 0 saturated carbocycles. The molecule has 166 valence electrons. The fourth-order valence-electron chi connectivity index (χ4n) is 3.94. The zero-order chi connectivity index (χ0) is 23.2. The van der Waals surface area contributed by atoms with E-state index >= 15 is 0 Å². The molecule has 0 aliphatic heterocycles. The highest BCUT2D eigenvalue weighted by Gasteiger charge is 2.12. The second kappa shape index (κ2) is 10.0. The third-order valence-corrected chi connectivity index (χ3v) is 5.54. The monoisotopic (exact) mass is 439 g/mol. The molecule has 33 heavy (non-hydrogen) atoms. The Hall–Kier alpha value is -4.12. The molecule has 5 nitrogen and oxygen atoms in total. The maximum absolute atomic E-state index is 12.1. The lowest BCUT2D eigenvalue weighted by Crippen LogP contribution is -2.34. The van der Waals surface area contributed by atoms with Crippen molar-refractivity contribution in [3.63, 3.8) is 0 Å². The number of aromatic carboxylic acids is 1. The number of alkyl carbamates (subject to hydrolysis) is 1. The maximum Gasteiger partial charge on any atom is 0.407 e. The van der Waals surface area contributed by atoms with Crippen LogP contribution in [0.5, 0.6) is 0 Å². The van der Waals surface area contributed by atoms with Gasteiger partial charge in [0.05, 0.1) is 5.56 Å². The normalized spacial score (nSPS) is 11.7. The first kappa shape index (κ1) is 22.1. The molecule has 0 radical (unpaired) electrons. The van der Waals surface area contributed by atoms with E-state index in [9.17, 15) is 14.7 Å². The minimum atomic E-state index is -0.933. The highest BCUT2D eigenvalue weighted by molar-refractivity contribution is 6.08. The molecule has 1 amide bonds. The van der Waals surface area contributed by atoms with Crippen molar-refractivity contribution in [2.75, 3.05) is 0 Å². The van der Waals surface area contributed by atoms with E-state index in [-0.39, 0.29) is 12.6 Å². The first-order valence-electron chi connectivity index (χ1n) is 10.8. The molecular formula is C28H25NO4. The Balaban J connectivity index is 1.41. The number of carbonyl (C=O) groups is 2. The van der Waals surface area contributed by atoms with Crippen molar-refractivity contribution < 1.29 is 19.4 Å². The van der Waals surface area contributed by atoms with E-state index in [2.05, 4.69) is 5.32 Å². The minimum Gasteiger partial charge on any atom is -0.478 e. The lowest BCUT2D eigenvalue weighted by atomic mass is 9.94. The van der Waals surface area contributed by atoms with E-state index in [1.165, 1.54) is 0 Å². The number of rotatable bonds is 7. The van der Waals surface area contributed by atoms with Gasteiger partial charge in [-0.25, -0.2) is 9.59 Å². The molecule has 0 heterocycles. The quantitative estimate of drug-likeness (QED) is 0.367. The van der Waals surface area contributed by atoms with Crippen LogP contribution in [-0.2, 0) is 17.8 Å². The van der Waals surface area contributed by atoms with Gasteiger partial charge in [-0.1, -0.05) is 84.9 Å². The number of amides is 1. The van der Waals surface area contributed by atoms with Crippen LogP contribution >= 0.6 is 0 Å². The molecule has 0 aromatic heterocycles. The Morgan fingerprint density at radius 3 is 2.24 bits per heavy atom. The highest BCUT2D eigenvalue weighted by Crippen LogP contribution is 2.30. The summed E-state index contributed by atoms with van der Waals surface area (Å²) in [6.07, 6.45) is 0.229. The number of hydrogen-bond acceptors (Lipinski definition) is 3. The predicted molar refractivity (Wildman–Crippen MR) is 129 cm³/mol. The molecule has 0 unspecified atom stereocenters. The van der Waals surface area contributed by atoms with Crippen molar-refractivity contribution in [3.05, 3.63) is 108 Å². The van der Waals surface area contributed by atoms with Gasteiger partial charge in [-0.3, -0.25) is 0 Å². The lowest BCUT2D eigenvalue weighted by Gasteiger charge is -2.15. The molecule has 5 heteroatoms. The van der Waals surface area contributed by atoms with Crippen molar-refractivity contribution in [3.8, 4) is 11.1 Å². The zero-order valence-electron chi connectivity index (χ0n) is 18.3. The van der Waals surface area contributed by atoms with E-state index in [0.717, 1.165) is 33.0 Å². The Morgan fingerprint density at radius 2 is 1.52 bits per heavy atom. The van der Waals surface area contributed by atoms with Crippen molar-refractivity contribution >= 4 is 22.8 Å². The van der Waals surface area contributed by atoms with E-state index in [1.54, 1.807) is 12.1 Å². The van der Waals surface area contributed by atoms with Crippen LogP contribution in [0.1, 0.15) is 28.4 Å². The van der Waals surface area contributed by atoms with E-state index in [0.29, 0.717) is 12.0 Å². The average Bonchev–Trinajstić information content (AvgIpc) is 2.83. The number of hydrogen-bond donors (Lipinski definition) is 2. The number of carboxylic acid groups (broad SMARTS) is 1. The summed E-state index contributed by atoms with van der Waals surface area (Å²) in [5.41, 5.74) is 4.32. The van der Waals surface area contributed by atoms with Gasteiger partial charge in [0, 0.05) is 6.04 Å². The fraction of sp³-hybridized carbons (Fsp3) is 0.143. The summed E-state index contributed by atoms with van der Waals surface area (Å²) in [6.45, 7) is 2.18. The van der Waals surface area contributed by atoms with Crippen LogP contribution in [0.4, 0.5) is 4.79 Å². The summed E-state index contributed by atoms with van der Waals surface area (Å²) in [5.74, 6) is -0.933. The summed E-state index contributed by atoms with van der Waals surface area (Å²) >= 11 is 0. The Kier molecular flexibility index (Phi) is 6.69. The fourth-order valence-corrected chi connectivity index (χ4v) is 3.94. The van der Waals surface area contributed by atoms with Crippen LogP contribution in [0.2, 0.25) is 0 Å². The molecular weight excluding hydrogens is 414 g/mol. The first-order valence-corrected chi connectivity index (χ1v) is 10.8. The number of benzene rings is 4. The lowest BCUT2D eigenvalue weighted by molar-refractivity contribution is 0.0699. The molecule has 4 aromatic carbocycles. The molecule has 0 saturated heterocycles. The number of nitrogens with one attached hydrogen (secondary N) is 1. The van der Waals surface area contributed by atoms with Gasteiger partial charge in [0.1, 0.15) is 6.61 Å². The van der Waals surface area contributed by atoms with Crippen molar-refractivity contribution in [2.45, 2.75) is 26.0 Å². The van der Waals surface area contributed by atoms with Gasteiger partial charge in [0.15, 0.2) is 0 Å². The summed E-state index contributed by atoms with van der Waals surface area (Å²) < 4.78 is 5.29. The largest absolute Gasteiger partial charge is 0.478 e. The van der Waals surface area contributed by atoms with Crippen LogP contribution in [-0.4, -0.2) is 23.2 Å². The van der Waals surface area contributed by atoms with E-state index in [1.807, 2.05) is 85.8 Å². The summed E-state index contributed by atoms with van der Waals surface area (Å²) in [5, 5.41) is 14.0. The third kappa shape index (κ3) is 5.39. The second-order valence-electron chi connectivity index (χ2n) is 8.02. The Bertz CT molecular complexity index is 1270. The molecule has 0 spiro atoms. The van der Waals surface area contributed by atoms with Gasteiger partial charge in [-0.2, -0.15) is 0 Å². The highest BCUT2D eigenvalue weighted by atomic mass is 16.5. The topological polar surface area (TPSA) is 75.6 Å². The molecule has 4 aromatic rings. The minimum absolute atomic E-state index is 0.0881. The van der Waals surface area contributed by atoms with Gasteiger partial charge >= 0.3 is 12.1 Å². The first-order chi connectivity index (χ1) is 16.0. The average molecular weight is 440 g/mol. The third-order valence-electron chi connectivity index (χ3n) is 5.54. The molecule has 0 aliphatic carbocycles. The standard InChI is InChI=1S/C28H25NO4/c1-19(29-28(32)33-18-21-7-3-2-4-8-21)17-20-13-15-22(16-14-20)23-9-5-11-25-24(23)10-6-12-26(25)27(30)31/h2-16,19H,17-18H2,1H3,(H,29,32)(H,30,31)/t19-/m1/s1. The zero-order valence-corrected chi connectivity index (χ0v) is 18.3. The summed E-state index contributed by atoms with van der Waals surface area (Å²) in [7, 11) is 0. The van der Waals surface area contributed by atoms with Crippen LogP contribution in [0.15, 0.2) is 91.0 Å². The molecule has 0 aliphatic rings. The van der Waals surface area contributed by atoms with Gasteiger partial charge in [-0.15, -0.1) is 0 Å². The van der Waals surface area contributed by atoms with Gasteiger partial charge < -0.3 is 15.2 Å². The second-order valence-corrected chi connectivity index (χ2v) is 8.02. The van der Waals surface area contributed by atoms with Crippen LogP contribution in [0, 0.1) is 0 Å². The summed E-state index contributed by atoms with van der Waals surface area (Å²) in [6, 6.07) is 28.6. The number of fused-ring (bicyclic) bond motifs is 1. The van der Waals surface area contributed by atoms with Crippen molar-refractivity contribution in [1.82, 2.24) is 5.32 Å². The summed E-state index contributed by atoms with van der Waals surface area (Å²) in [4.78, 5) is 23.6. The van der Waals surface area contributed by atoms with E-state index in [4.69, 9.17) is 4.74 Å². The Morgan fingerprint density at radius 1 is 0.818 bits per heavy atom. The smallest absolute Gasteiger partial charge is 0.407 e. The van der Waals surface area contributed by atoms with Crippen LogP contribution < -0.4 is 5.32 Å². The number of carboxylic acids is 1. The van der Waals surface area contributed by atoms with Gasteiger partial charge in [-0.05, 0) is 52.4 Å². The van der Waals surface area contributed by atoms with Gasteiger partial charge in [0.2, 0.25) is 0 Å². The number of ether oxygens (including phenoxy) is 1. The van der Waals surface area contributed by atoms with Crippen molar-refractivity contribution in [1.29, 1.82) is 0 Å². The maximum atomic E-state index is 12.1.